The number of anilines is 1. The summed E-state index contributed by atoms with van der Waals surface area (Å²) in [6.07, 6.45) is 2.90. The third-order valence-corrected chi connectivity index (χ3v) is 5.60. The quantitative estimate of drug-likeness (QED) is 0.708. The Morgan fingerprint density at radius 3 is 2.63 bits per heavy atom. The fourth-order valence-electron chi connectivity index (χ4n) is 3.93. The van der Waals surface area contributed by atoms with E-state index in [0.717, 1.165) is 10.9 Å². The van der Waals surface area contributed by atoms with Crippen LogP contribution in [-0.2, 0) is 4.79 Å². The van der Waals surface area contributed by atoms with Gasteiger partial charge in [-0.1, -0.05) is 0 Å². The topological polar surface area (TPSA) is 84.7 Å². The Hall–Kier alpha value is -3.35. The number of fused-ring (bicyclic) bond motifs is 1. The van der Waals surface area contributed by atoms with Crippen LogP contribution in [0.3, 0.4) is 0 Å². The highest BCUT2D eigenvalue weighted by molar-refractivity contribution is 6.07. The summed E-state index contributed by atoms with van der Waals surface area (Å²) in [6, 6.07) is 9.18. The maximum Gasteiger partial charge on any atom is 0.258 e. The molecule has 156 valence electrons. The van der Waals surface area contributed by atoms with Gasteiger partial charge in [-0.05, 0) is 62.6 Å². The lowest BCUT2D eigenvalue weighted by molar-refractivity contribution is -0.121. The molecule has 4 rings (SSSR count). The van der Waals surface area contributed by atoms with Gasteiger partial charge < -0.3 is 19.4 Å². The van der Waals surface area contributed by atoms with Crippen molar-refractivity contribution >= 4 is 28.6 Å². The minimum Gasteiger partial charge on any atom is -0.497 e. The molecule has 3 aromatic rings. The molecule has 1 aliphatic heterocycles. The molecule has 7 nitrogen and oxygen atoms in total. The number of piperidine rings is 1. The second-order valence-corrected chi connectivity index (χ2v) is 7.67. The van der Waals surface area contributed by atoms with Gasteiger partial charge in [-0.2, -0.15) is 0 Å². The molecule has 2 amide bonds. The number of rotatable bonds is 4. The highest BCUT2D eigenvalue weighted by Gasteiger charge is 2.30. The number of nitrogens with zero attached hydrogens (tertiary/aromatic N) is 2. The number of nitrogens with one attached hydrogen (secondary N) is 1. The molecule has 7 heteroatoms. The van der Waals surface area contributed by atoms with Gasteiger partial charge in [0.15, 0.2) is 0 Å². The van der Waals surface area contributed by atoms with Crippen molar-refractivity contribution in [2.45, 2.75) is 26.7 Å². The van der Waals surface area contributed by atoms with Gasteiger partial charge in [0.25, 0.3) is 5.91 Å². The van der Waals surface area contributed by atoms with Crippen molar-refractivity contribution in [3.05, 3.63) is 53.4 Å². The summed E-state index contributed by atoms with van der Waals surface area (Å²) >= 11 is 0. The van der Waals surface area contributed by atoms with Crippen LogP contribution in [0.25, 0.3) is 11.0 Å². The highest BCUT2D eigenvalue weighted by Crippen LogP contribution is 2.31. The SMILES string of the molecule is COc1ccc2oc(C)c(C(=O)N3CCC(C(=O)Nc4cc(C)ccn4)CC3)c2c1. The van der Waals surface area contributed by atoms with E-state index in [4.69, 9.17) is 9.15 Å². The summed E-state index contributed by atoms with van der Waals surface area (Å²) in [5.74, 6) is 1.58. The molecule has 0 bridgehead atoms. The maximum absolute atomic E-state index is 13.2. The zero-order valence-electron chi connectivity index (χ0n) is 17.4. The Morgan fingerprint density at radius 1 is 1.17 bits per heavy atom. The molecule has 0 spiro atoms. The molecule has 3 heterocycles. The molecule has 2 aromatic heterocycles. The molecule has 1 N–H and O–H groups in total. The molecule has 0 saturated carbocycles. The average Bonchev–Trinajstić information content (AvgIpc) is 3.08. The van der Waals surface area contributed by atoms with Crippen molar-refractivity contribution in [2.75, 3.05) is 25.5 Å². The van der Waals surface area contributed by atoms with Crippen molar-refractivity contribution < 1.29 is 18.7 Å². The van der Waals surface area contributed by atoms with Crippen molar-refractivity contribution in [1.29, 1.82) is 0 Å². The maximum atomic E-state index is 13.2. The van der Waals surface area contributed by atoms with Crippen LogP contribution in [0.2, 0.25) is 0 Å². The Kier molecular flexibility index (Phi) is 5.44. The zero-order chi connectivity index (χ0) is 21.3. The number of methoxy groups -OCH3 is 1. The molecular weight excluding hydrogens is 382 g/mol. The normalized spacial score (nSPS) is 14.7. The highest BCUT2D eigenvalue weighted by atomic mass is 16.5. The summed E-state index contributed by atoms with van der Waals surface area (Å²) in [6.45, 7) is 4.80. The molecule has 0 aliphatic carbocycles. The van der Waals surface area contributed by atoms with Crippen LogP contribution in [0.1, 0.15) is 34.5 Å². The van der Waals surface area contributed by atoms with Gasteiger partial charge >= 0.3 is 0 Å². The van der Waals surface area contributed by atoms with Gasteiger partial charge in [0.1, 0.15) is 22.9 Å². The van der Waals surface area contributed by atoms with E-state index in [2.05, 4.69) is 10.3 Å². The zero-order valence-corrected chi connectivity index (χ0v) is 17.4. The van der Waals surface area contributed by atoms with Crippen LogP contribution >= 0.6 is 0 Å². The van der Waals surface area contributed by atoms with Crippen LogP contribution in [-0.4, -0.2) is 41.9 Å². The van der Waals surface area contributed by atoms with Crippen molar-refractivity contribution in [3.63, 3.8) is 0 Å². The van der Waals surface area contributed by atoms with Gasteiger partial charge in [-0.25, -0.2) is 4.98 Å². The van der Waals surface area contributed by atoms with E-state index in [9.17, 15) is 9.59 Å². The fraction of sp³-hybridized carbons (Fsp3) is 0.348. The Morgan fingerprint density at radius 2 is 1.93 bits per heavy atom. The summed E-state index contributed by atoms with van der Waals surface area (Å²) in [5.41, 5.74) is 2.27. The summed E-state index contributed by atoms with van der Waals surface area (Å²) in [7, 11) is 1.59. The van der Waals surface area contributed by atoms with Crippen molar-refractivity contribution in [1.82, 2.24) is 9.88 Å². The molecule has 0 unspecified atom stereocenters. The molecule has 1 saturated heterocycles. The molecule has 0 radical (unpaired) electrons. The first kappa shape index (κ1) is 19.9. The number of carbonyl (C=O) groups is 2. The van der Waals surface area contributed by atoms with Crippen LogP contribution in [0, 0.1) is 19.8 Å². The smallest absolute Gasteiger partial charge is 0.258 e. The Labute approximate surface area is 175 Å². The number of pyridine rings is 1. The number of hydrogen-bond acceptors (Lipinski definition) is 5. The van der Waals surface area contributed by atoms with E-state index in [1.165, 1.54) is 0 Å². The number of ether oxygens (including phenoxy) is 1. The van der Waals surface area contributed by atoms with E-state index >= 15 is 0 Å². The van der Waals surface area contributed by atoms with E-state index in [-0.39, 0.29) is 17.7 Å². The van der Waals surface area contributed by atoms with Crippen molar-refractivity contribution in [3.8, 4) is 5.75 Å². The second-order valence-electron chi connectivity index (χ2n) is 7.67. The summed E-state index contributed by atoms with van der Waals surface area (Å²) in [5, 5.41) is 3.64. The first-order valence-corrected chi connectivity index (χ1v) is 10.1. The average molecular weight is 407 g/mol. The largest absolute Gasteiger partial charge is 0.497 e. The number of benzene rings is 1. The van der Waals surface area contributed by atoms with Gasteiger partial charge in [-0.3, -0.25) is 9.59 Å². The molecule has 1 aliphatic rings. The Balaban J connectivity index is 1.44. The van der Waals surface area contributed by atoms with Gasteiger partial charge in [0.05, 0.1) is 12.7 Å². The summed E-state index contributed by atoms with van der Waals surface area (Å²) in [4.78, 5) is 31.8. The monoisotopic (exact) mass is 407 g/mol. The minimum absolute atomic E-state index is 0.0464. The number of likely N-dealkylation sites (tertiary alicyclic amines) is 1. The third-order valence-electron chi connectivity index (χ3n) is 5.60. The van der Waals surface area contributed by atoms with Crippen molar-refractivity contribution in [2.24, 2.45) is 5.92 Å². The molecule has 0 atom stereocenters. The van der Waals surface area contributed by atoms with Crippen LogP contribution < -0.4 is 10.1 Å². The lowest BCUT2D eigenvalue weighted by Crippen LogP contribution is -2.41. The van der Waals surface area contributed by atoms with Crippen LogP contribution in [0.15, 0.2) is 40.9 Å². The van der Waals surface area contributed by atoms with Crippen LogP contribution in [0.4, 0.5) is 5.82 Å². The van der Waals surface area contributed by atoms with Gasteiger partial charge in [-0.15, -0.1) is 0 Å². The van der Waals surface area contributed by atoms with E-state index < -0.39 is 0 Å². The number of furan rings is 1. The lowest BCUT2D eigenvalue weighted by atomic mass is 9.95. The number of aryl methyl sites for hydroxylation is 2. The standard InChI is InChI=1S/C23H25N3O4/c1-14-6-9-24-20(12-14)25-22(27)16-7-10-26(11-8-16)23(28)21-15(2)30-19-5-4-17(29-3)13-18(19)21/h4-6,9,12-13,16H,7-8,10-11H2,1-3H3,(H,24,25,27). The number of aromatic nitrogens is 1. The van der Waals surface area contributed by atoms with E-state index in [1.807, 2.05) is 37.3 Å². The van der Waals surface area contributed by atoms with Crippen LogP contribution in [0.5, 0.6) is 5.75 Å². The second kappa shape index (κ2) is 8.18. The van der Waals surface area contributed by atoms with Gasteiger partial charge in [0, 0.05) is 30.6 Å². The molecule has 30 heavy (non-hydrogen) atoms. The first-order chi connectivity index (χ1) is 14.5. The number of amides is 2. The number of hydrogen-bond donors (Lipinski definition) is 1. The molecule has 1 aromatic carbocycles. The minimum atomic E-state index is -0.140. The summed E-state index contributed by atoms with van der Waals surface area (Å²) < 4.78 is 11.1. The third kappa shape index (κ3) is 3.87. The fourth-order valence-corrected chi connectivity index (χ4v) is 3.93. The molecule has 1 fully saturated rings. The molecular formula is C23H25N3O4. The predicted octanol–water partition coefficient (Wildman–Crippen LogP) is 3.94. The van der Waals surface area contributed by atoms with E-state index in [1.54, 1.807) is 25.1 Å². The number of carbonyl (C=O) groups excluding carboxylic acids is 2. The Bertz CT molecular complexity index is 1100. The van der Waals surface area contributed by atoms with Gasteiger partial charge in [0.2, 0.25) is 5.91 Å². The first-order valence-electron chi connectivity index (χ1n) is 10.1. The lowest BCUT2D eigenvalue weighted by Gasteiger charge is -2.31. The predicted molar refractivity (Wildman–Crippen MR) is 114 cm³/mol. The van der Waals surface area contributed by atoms with E-state index in [0.29, 0.717) is 54.4 Å².